The predicted molar refractivity (Wildman–Crippen MR) is 110 cm³/mol. The zero-order chi connectivity index (χ0) is 22.1. The molecule has 0 aliphatic carbocycles. The van der Waals surface area contributed by atoms with Gasteiger partial charge in [0.05, 0.1) is 24.8 Å². The summed E-state index contributed by atoms with van der Waals surface area (Å²) < 4.78 is 17.2. The van der Waals surface area contributed by atoms with Crippen LogP contribution in [0.3, 0.4) is 0 Å². The number of carbonyl (C=O) groups excluding carboxylic acids is 2. The molecule has 2 heterocycles. The number of aliphatic hydroxyl groups is 1. The van der Waals surface area contributed by atoms with E-state index in [9.17, 15) is 14.7 Å². The summed E-state index contributed by atoms with van der Waals surface area (Å²) in [6, 6.07) is 8.57. The highest BCUT2D eigenvalue weighted by molar-refractivity contribution is 5.71. The number of ether oxygens (including phenoxy) is 3. The predicted octanol–water partition coefficient (Wildman–Crippen LogP) is 3.13. The van der Waals surface area contributed by atoms with Crippen LogP contribution in [0.2, 0.25) is 0 Å². The quantitative estimate of drug-likeness (QED) is 0.808. The van der Waals surface area contributed by atoms with E-state index in [4.69, 9.17) is 14.2 Å². The lowest BCUT2D eigenvalue weighted by Crippen LogP contribution is -2.60. The summed E-state index contributed by atoms with van der Waals surface area (Å²) in [6.45, 7) is 9.17. The summed E-state index contributed by atoms with van der Waals surface area (Å²) >= 11 is 0. The van der Waals surface area contributed by atoms with Crippen LogP contribution in [0.25, 0.3) is 0 Å². The first-order valence-electron chi connectivity index (χ1n) is 10.3. The number of hydrogen-bond acceptors (Lipinski definition) is 6. The fourth-order valence-corrected chi connectivity index (χ4v) is 4.09. The molecule has 1 aromatic rings. The van der Waals surface area contributed by atoms with Crippen molar-refractivity contribution in [1.82, 2.24) is 9.80 Å². The molecule has 3 rings (SSSR count). The molecule has 8 nitrogen and oxygen atoms in total. The summed E-state index contributed by atoms with van der Waals surface area (Å²) in [4.78, 5) is 28.8. The molecule has 1 N–H and O–H groups in total. The summed E-state index contributed by atoms with van der Waals surface area (Å²) in [5.41, 5.74) is -0.661. The van der Waals surface area contributed by atoms with Gasteiger partial charge < -0.3 is 24.2 Å². The lowest BCUT2D eigenvalue weighted by atomic mass is 9.95. The van der Waals surface area contributed by atoms with Crippen LogP contribution in [0.1, 0.15) is 46.6 Å². The van der Waals surface area contributed by atoms with E-state index in [-0.39, 0.29) is 31.9 Å². The van der Waals surface area contributed by atoms with Crippen molar-refractivity contribution in [2.45, 2.75) is 77.2 Å². The molecule has 0 unspecified atom stereocenters. The van der Waals surface area contributed by atoms with Crippen molar-refractivity contribution in [3.8, 4) is 0 Å². The van der Waals surface area contributed by atoms with Gasteiger partial charge in [0.25, 0.3) is 0 Å². The van der Waals surface area contributed by atoms with Crippen LogP contribution >= 0.6 is 0 Å². The molecule has 2 aliphatic heterocycles. The van der Waals surface area contributed by atoms with E-state index in [1.54, 1.807) is 18.7 Å². The van der Waals surface area contributed by atoms with Gasteiger partial charge >= 0.3 is 12.2 Å². The number of aliphatic hydroxyl groups excluding tert-OH is 1. The van der Waals surface area contributed by atoms with Crippen molar-refractivity contribution >= 4 is 12.2 Å². The number of piperidine rings is 1. The third-order valence-electron chi connectivity index (χ3n) is 5.35. The van der Waals surface area contributed by atoms with E-state index in [2.05, 4.69) is 0 Å². The number of hydrogen-bond donors (Lipinski definition) is 1. The molecule has 2 saturated heterocycles. The van der Waals surface area contributed by atoms with E-state index in [0.29, 0.717) is 6.42 Å². The summed E-state index contributed by atoms with van der Waals surface area (Å²) in [5, 5.41) is 9.86. The third-order valence-corrected chi connectivity index (χ3v) is 5.35. The normalized spacial score (nSPS) is 25.6. The number of likely N-dealkylation sites (tertiary alicyclic amines) is 1. The minimum atomic E-state index is -0.887. The Kier molecular flexibility index (Phi) is 6.29. The molecule has 1 aromatic carbocycles. The number of benzene rings is 1. The average Bonchev–Trinajstić information content (AvgIpc) is 2.93. The number of nitrogens with zero attached hydrogens (tertiary/aromatic N) is 2. The second kappa shape index (κ2) is 8.43. The smallest absolute Gasteiger partial charge is 0.412 e. The van der Waals surface area contributed by atoms with Crippen molar-refractivity contribution in [1.29, 1.82) is 0 Å². The molecule has 0 spiro atoms. The van der Waals surface area contributed by atoms with Crippen LogP contribution in [-0.4, -0.2) is 69.8 Å². The minimum absolute atomic E-state index is 0.139. The molecule has 2 fully saturated rings. The Balaban J connectivity index is 1.75. The zero-order valence-corrected chi connectivity index (χ0v) is 18.3. The molecule has 3 atom stereocenters. The summed E-state index contributed by atoms with van der Waals surface area (Å²) in [6.07, 6.45) is -0.905. The molecule has 2 aliphatic rings. The summed E-state index contributed by atoms with van der Waals surface area (Å²) in [7, 11) is 0. The van der Waals surface area contributed by atoms with Gasteiger partial charge in [0.2, 0.25) is 0 Å². The van der Waals surface area contributed by atoms with E-state index >= 15 is 0 Å². The molecule has 0 aromatic heterocycles. The first kappa shape index (κ1) is 22.4. The molecule has 0 bridgehead atoms. The maximum absolute atomic E-state index is 12.9. The molecule has 30 heavy (non-hydrogen) atoms. The van der Waals surface area contributed by atoms with Gasteiger partial charge in [-0.3, -0.25) is 4.90 Å². The van der Waals surface area contributed by atoms with Crippen LogP contribution < -0.4 is 0 Å². The highest BCUT2D eigenvalue weighted by atomic mass is 16.6. The van der Waals surface area contributed by atoms with Gasteiger partial charge in [-0.2, -0.15) is 0 Å². The Morgan fingerprint density at radius 1 is 1.20 bits per heavy atom. The lowest BCUT2D eigenvalue weighted by Gasteiger charge is -2.41. The van der Waals surface area contributed by atoms with E-state index in [1.165, 1.54) is 4.90 Å². The van der Waals surface area contributed by atoms with E-state index in [0.717, 1.165) is 5.56 Å². The maximum atomic E-state index is 12.9. The molecular weight excluding hydrogens is 388 g/mol. The lowest BCUT2D eigenvalue weighted by molar-refractivity contribution is -0.0824. The highest BCUT2D eigenvalue weighted by Gasteiger charge is 2.55. The Morgan fingerprint density at radius 2 is 1.87 bits per heavy atom. The number of amides is 2. The third kappa shape index (κ3) is 4.87. The van der Waals surface area contributed by atoms with Gasteiger partial charge in [-0.1, -0.05) is 30.3 Å². The first-order valence-corrected chi connectivity index (χ1v) is 10.3. The van der Waals surface area contributed by atoms with Crippen LogP contribution in [0.4, 0.5) is 9.59 Å². The van der Waals surface area contributed by atoms with Crippen LogP contribution in [0, 0.1) is 0 Å². The molecule has 2 amide bonds. The molecular formula is C22H32N2O6. The molecule has 0 saturated carbocycles. The molecule has 0 radical (unpaired) electrons. The van der Waals surface area contributed by atoms with Crippen molar-refractivity contribution in [3.63, 3.8) is 0 Å². The van der Waals surface area contributed by atoms with E-state index in [1.807, 2.05) is 51.1 Å². The van der Waals surface area contributed by atoms with E-state index < -0.39 is 29.6 Å². The topological polar surface area (TPSA) is 88.5 Å². The number of carbonyl (C=O) groups is 2. The maximum Gasteiger partial charge on any atom is 0.412 e. The summed E-state index contributed by atoms with van der Waals surface area (Å²) in [5.74, 6) is 0. The van der Waals surface area contributed by atoms with Crippen LogP contribution in [0.15, 0.2) is 30.3 Å². The first-order chi connectivity index (χ1) is 14.0. The minimum Gasteiger partial charge on any atom is -0.445 e. The van der Waals surface area contributed by atoms with Gasteiger partial charge in [0.1, 0.15) is 17.9 Å². The van der Waals surface area contributed by atoms with Crippen LogP contribution in [-0.2, 0) is 20.8 Å². The van der Waals surface area contributed by atoms with Crippen molar-refractivity contribution in [2.24, 2.45) is 0 Å². The second-order valence-corrected chi connectivity index (χ2v) is 9.29. The molecule has 8 heteroatoms. The Labute approximate surface area is 177 Å². The standard InChI is InChI=1S/C22H32N2O6/c1-21(2,3)30-20(27)24-17-12-23(16(13-25)11-18(17)29-22(24,4)5)19(26)28-14-15-9-7-6-8-10-15/h6-10,16-18,25H,11-14H2,1-5H3/t16-,17+,18-/m0/s1. The van der Waals surface area contributed by atoms with Gasteiger partial charge in [-0.05, 0) is 46.6 Å². The highest BCUT2D eigenvalue weighted by Crippen LogP contribution is 2.39. The Morgan fingerprint density at radius 3 is 2.47 bits per heavy atom. The largest absolute Gasteiger partial charge is 0.445 e. The number of rotatable bonds is 3. The van der Waals surface area contributed by atoms with Gasteiger partial charge in [-0.15, -0.1) is 0 Å². The SMILES string of the molecule is CC(C)(C)OC(=O)N1[C@@H]2CN(C(=O)OCc3ccccc3)[C@H](CO)C[C@@H]2OC1(C)C. The van der Waals surface area contributed by atoms with Gasteiger partial charge in [0, 0.05) is 6.54 Å². The fourth-order valence-electron chi connectivity index (χ4n) is 4.09. The number of fused-ring (bicyclic) bond motifs is 1. The second-order valence-electron chi connectivity index (χ2n) is 9.29. The van der Waals surface area contributed by atoms with Crippen molar-refractivity contribution in [2.75, 3.05) is 13.2 Å². The Bertz CT molecular complexity index is 761. The molecule has 166 valence electrons. The van der Waals surface area contributed by atoms with Crippen molar-refractivity contribution in [3.05, 3.63) is 35.9 Å². The average molecular weight is 421 g/mol. The van der Waals surface area contributed by atoms with Gasteiger partial charge in [0.15, 0.2) is 0 Å². The van der Waals surface area contributed by atoms with Crippen molar-refractivity contribution < 1.29 is 28.9 Å². The van der Waals surface area contributed by atoms with Crippen LogP contribution in [0.5, 0.6) is 0 Å². The monoisotopic (exact) mass is 420 g/mol. The zero-order valence-electron chi connectivity index (χ0n) is 18.3. The fraction of sp³-hybridized carbons (Fsp3) is 0.636. The van der Waals surface area contributed by atoms with Gasteiger partial charge in [-0.25, -0.2) is 9.59 Å². The Hall–Kier alpha value is -2.32.